The maximum Gasteiger partial charge on any atom is 0.243 e. The molecule has 1 amide bonds. The summed E-state index contributed by atoms with van der Waals surface area (Å²) in [6.45, 7) is 6.59. The normalized spacial score (nSPS) is 11.1. The number of unbranched alkanes of at least 4 members (excludes halogenated alkanes) is 3. The number of nitrogens with zero attached hydrogens (tertiary/aromatic N) is 1. The molecule has 0 aromatic rings. The van der Waals surface area contributed by atoms with Gasteiger partial charge in [-0.25, -0.2) is 0 Å². The molecule has 19 heavy (non-hydrogen) atoms. The largest absolute Gasteiger partial charge is 0.380 e. The molecule has 0 aliphatic carbocycles. The highest BCUT2D eigenvalue weighted by molar-refractivity contribution is 5.74. The number of ether oxygens (including phenoxy) is 2. The van der Waals surface area contributed by atoms with Crippen molar-refractivity contribution in [2.24, 2.45) is 5.73 Å². The van der Waals surface area contributed by atoms with Crippen LogP contribution in [0.4, 0.5) is 0 Å². The van der Waals surface area contributed by atoms with Crippen LogP contribution in [-0.4, -0.2) is 57.4 Å². The Morgan fingerprint density at radius 1 is 1.00 bits per heavy atom. The Balaban J connectivity index is 3.08. The van der Waals surface area contributed by atoms with Gasteiger partial charge in [0.05, 0.1) is 6.61 Å². The number of carbonyl (C=O) groups is 1. The minimum Gasteiger partial charge on any atom is -0.380 e. The summed E-state index contributed by atoms with van der Waals surface area (Å²) >= 11 is 0. The Kier molecular flexibility index (Phi) is 13.3. The molecule has 0 atom stereocenters. The van der Waals surface area contributed by atoms with Crippen molar-refractivity contribution < 1.29 is 14.3 Å². The summed E-state index contributed by atoms with van der Waals surface area (Å²) in [4.78, 5) is 12.7. The fourth-order valence-electron chi connectivity index (χ4n) is 1.62. The third-order valence-corrected chi connectivity index (χ3v) is 2.83. The number of carbonyl (C=O) groups excluding carboxylic acids is 1. The van der Waals surface area contributed by atoms with E-state index in [1.807, 2.05) is 0 Å². The van der Waals surface area contributed by atoms with E-state index in [0.717, 1.165) is 45.6 Å². The van der Waals surface area contributed by atoms with Crippen molar-refractivity contribution in [2.75, 3.05) is 46.6 Å². The molecule has 0 spiro atoms. The van der Waals surface area contributed by atoms with Crippen molar-refractivity contribution in [3.8, 4) is 0 Å². The highest BCUT2D eigenvalue weighted by Crippen LogP contribution is 1.97. The maximum atomic E-state index is 10.4. The van der Waals surface area contributed by atoms with Crippen LogP contribution in [0.15, 0.2) is 0 Å². The molecule has 0 heterocycles. The third-order valence-electron chi connectivity index (χ3n) is 2.83. The van der Waals surface area contributed by atoms with Gasteiger partial charge >= 0.3 is 0 Å². The van der Waals surface area contributed by atoms with E-state index in [1.165, 1.54) is 12.8 Å². The second-order valence-corrected chi connectivity index (χ2v) is 4.85. The number of hydrogen-bond acceptors (Lipinski definition) is 4. The van der Waals surface area contributed by atoms with E-state index in [1.54, 1.807) is 0 Å². The third kappa shape index (κ3) is 15.3. The second kappa shape index (κ2) is 13.8. The van der Waals surface area contributed by atoms with Gasteiger partial charge in [0.15, 0.2) is 0 Å². The van der Waals surface area contributed by atoms with Gasteiger partial charge in [0, 0.05) is 19.8 Å². The van der Waals surface area contributed by atoms with Crippen molar-refractivity contribution >= 4 is 5.91 Å². The lowest BCUT2D eigenvalue weighted by molar-refractivity contribution is -0.122. The van der Waals surface area contributed by atoms with Gasteiger partial charge in [0.2, 0.25) is 5.91 Å². The van der Waals surface area contributed by atoms with Gasteiger partial charge in [-0.3, -0.25) is 4.79 Å². The fraction of sp³-hybridized carbons (Fsp3) is 0.929. The minimum absolute atomic E-state index is 0.0284. The van der Waals surface area contributed by atoms with Crippen LogP contribution in [0.25, 0.3) is 0 Å². The molecule has 0 saturated heterocycles. The van der Waals surface area contributed by atoms with E-state index in [-0.39, 0.29) is 6.61 Å². The molecule has 0 aromatic heterocycles. The van der Waals surface area contributed by atoms with Crippen LogP contribution in [0.2, 0.25) is 0 Å². The molecule has 0 aromatic carbocycles. The lowest BCUT2D eigenvalue weighted by atomic mass is 10.2. The summed E-state index contributed by atoms with van der Waals surface area (Å²) in [7, 11) is 2.13. The first-order chi connectivity index (χ1) is 9.16. The lowest BCUT2D eigenvalue weighted by Gasteiger charge is -2.15. The van der Waals surface area contributed by atoms with Gasteiger partial charge in [-0.2, -0.15) is 0 Å². The zero-order valence-electron chi connectivity index (χ0n) is 12.5. The zero-order chi connectivity index (χ0) is 14.3. The molecule has 0 bridgehead atoms. The molecule has 0 radical (unpaired) electrons. The van der Waals surface area contributed by atoms with Crippen LogP contribution < -0.4 is 5.73 Å². The molecule has 2 N–H and O–H groups in total. The van der Waals surface area contributed by atoms with Crippen LogP contribution in [0, 0.1) is 0 Å². The highest BCUT2D eigenvalue weighted by Gasteiger charge is 1.97. The number of likely N-dealkylation sites (N-methyl/N-ethyl adjacent to an activating group) is 1. The summed E-state index contributed by atoms with van der Waals surface area (Å²) in [5, 5.41) is 0. The molecule has 0 saturated carbocycles. The first-order valence-electron chi connectivity index (χ1n) is 7.29. The summed E-state index contributed by atoms with van der Waals surface area (Å²) in [5.41, 5.74) is 4.96. The van der Waals surface area contributed by atoms with Crippen LogP contribution in [0.5, 0.6) is 0 Å². The summed E-state index contributed by atoms with van der Waals surface area (Å²) in [6, 6.07) is 0. The number of rotatable bonds is 14. The Hall–Kier alpha value is -0.650. The second-order valence-electron chi connectivity index (χ2n) is 4.85. The molecule has 5 heteroatoms. The molecule has 5 nitrogen and oxygen atoms in total. The Bertz CT molecular complexity index is 213. The van der Waals surface area contributed by atoms with Gasteiger partial charge in [-0.15, -0.1) is 0 Å². The SMILES string of the molecule is CCCCN(C)CCOCCCCCOCC(N)=O. The molecule has 0 fully saturated rings. The Labute approximate surface area is 117 Å². The molecule has 114 valence electrons. The van der Waals surface area contributed by atoms with Crippen LogP contribution in [-0.2, 0) is 14.3 Å². The van der Waals surface area contributed by atoms with Crippen molar-refractivity contribution in [3.63, 3.8) is 0 Å². The predicted octanol–water partition coefficient (Wildman–Crippen LogP) is 1.41. The predicted molar refractivity (Wildman–Crippen MR) is 77.1 cm³/mol. The van der Waals surface area contributed by atoms with Gasteiger partial charge in [-0.1, -0.05) is 13.3 Å². The van der Waals surface area contributed by atoms with Gasteiger partial charge in [0.1, 0.15) is 6.61 Å². The zero-order valence-corrected chi connectivity index (χ0v) is 12.5. The van der Waals surface area contributed by atoms with Crippen molar-refractivity contribution in [2.45, 2.75) is 39.0 Å². The van der Waals surface area contributed by atoms with E-state index in [2.05, 4.69) is 18.9 Å². The van der Waals surface area contributed by atoms with E-state index in [4.69, 9.17) is 15.2 Å². The first-order valence-corrected chi connectivity index (χ1v) is 7.29. The summed E-state index contributed by atoms with van der Waals surface area (Å²) in [6.07, 6.45) is 5.54. The molecule has 0 unspecified atom stereocenters. The monoisotopic (exact) mass is 274 g/mol. The van der Waals surface area contributed by atoms with Crippen LogP contribution in [0.3, 0.4) is 0 Å². The highest BCUT2D eigenvalue weighted by atomic mass is 16.5. The van der Waals surface area contributed by atoms with E-state index < -0.39 is 5.91 Å². The van der Waals surface area contributed by atoms with Crippen molar-refractivity contribution in [1.29, 1.82) is 0 Å². The van der Waals surface area contributed by atoms with Gasteiger partial charge in [-0.05, 0) is 39.3 Å². The van der Waals surface area contributed by atoms with Crippen molar-refractivity contribution in [3.05, 3.63) is 0 Å². The number of primary amides is 1. The maximum absolute atomic E-state index is 10.4. The Morgan fingerprint density at radius 3 is 2.32 bits per heavy atom. The quantitative estimate of drug-likeness (QED) is 0.486. The smallest absolute Gasteiger partial charge is 0.243 e. The van der Waals surface area contributed by atoms with Crippen LogP contribution >= 0.6 is 0 Å². The first kappa shape index (κ1) is 18.4. The number of hydrogen-bond donors (Lipinski definition) is 1. The van der Waals surface area contributed by atoms with Crippen molar-refractivity contribution in [1.82, 2.24) is 4.90 Å². The van der Waals surface area contributed by atoms with E-state index in [0.29, 0.717) is 6.61 Å². The van der Waals surface area contributed by atoms with Gasteiger partial charge in [0.25, 0.3) is 0 Å². The molecule has 0 rings (SSSR count). The molecule has 0 aliphatic heterocycles. The molecule has 0 aliphatic rings. The lowest BCUT2D eigenvalue weighted by Crippen LogP contribution is -2.24. The van der Waals surface area contributed by atoms with Crippen LogP contribution in [0.1, 0.15) is 39.0 Å². The average molecular weight is 274 g/mol. The average Bonchev–Trinajstić information content (AvgIpc) is 2.38. The summed E-state index contributed by atoms with van der Waals surface area (Å²) < 4.78 is 10.6. The number of amides is 1. The minimum atomic E-state index is -0.407. The fourth-order valence-corrected chi connectivity index (χ4v) is 1.62. The van der Waals surface area contributed by atoms with Gasteiger partial charge < -0.3 is 20.1 Å². The Morgan fingerprint density at radius 2 is 1.68 bits per heavy atom. The van der Waals surface area contributed by atoms with E-state index in [9.17, 15) is 4.79 Å². The molecular formula is C14H30N2O3. The molecular weight excluding hydrogens is 244 g/mol. The van der Waals surface area contributed by atoms with E-state index >= 15 is 0 Å². The number of nitrogens with two attached hydrogens (primary N) is 1. The topological polar surface area (TPSA) is 64.8 Å². The standard InChI is InChI=1S/C14H30N2O3/c1-3-4-8-16(2)9-12-18-10-6-5-7-11-19-13-14(15)17/h3-13H2,1-2H3,(H2,15,17). The summed E-state index contributed by atoms with van der Waals surface area (Å²) in [5.74, 6) is -0.407.